The Morgan fingerprint density at radius 3 is 2.64 bits per heavy atom. The Balaban J connectivity index is 1.47. The Hall–Kier alpha value is -2.16. The smallest absolute Gasteiger partial charge is 0.290 e. The van der Waals surface area contributed by atoms with Crippen molar-refractivity contribution in [2.75, 3.05) is 36.5 Å². The van der Waals surface area contributed by atoms with Crippen LogP contribution in [0, 0.1) is 0 Å². The highest BCUT2D eigenvalue weighted by molar-refractivity contribution is 6.29. The lowest BCUT2D eigenvalue weighted by atomic mass is 10.0. The lowest BCUT2D eigenvalue weighted by molar-refractivity contribution is -0.0828. The minimum Gasteiger partial charge on any atom is -0.378 e. The summed E-state index contributed by atoms with van der Waals surface area (Å²) in [6.07, 6.45) is 1.85. The summed E-state index contributed by atoms with van der Waals surface area (Å²) in [6.45, 7) is 8.17. The molecule has 8 nitrogen and oxygen atoms in total. The third kappa shape index (κ3) is 3.72. The van der Waals surface area contributed by atoms with Gasteiger partial charge in [-0.25, -0.2) is 9.67 Å². The molecule has 0 saturated carbocycles. The fraction of sp³-hybridized carbons (Fsp3) is 0.526. The molecule has 1 N–H and O–H groups in total. The minimum atomic E-state index is -0.256. The van der Waals surface area contributed by atoms with E-state index in [1.165, 1.54) is 10.7 Å². The van der Waals surface area contributed by atoms with Gasteiger partial charge >= 0.3 is 0 Å². The Morgan fingerprint density at radius 1 is 1.21 bits per heavy atom. The molecule has 0 amide bonds. The number of piperazine rings is 1. The largest absolute Gasteiger partial charge is 0.378 e. The van der Waals surface area contributed by atoms with Crippen molar-refractivity contribution in [2.45, 2.75) is 32.0 Å². The van der Waals surface area contributed by atoms with Crippen LogP contribution >= 0.6 is 11.6 Å². The highest BCUT2D eigenvalue weighted by Gasteiger charge is 2.36. The number of anilines is 3. The molecule has 0 spiro atoms. The fourth-order valence-electron chi connectivity index (χ4n) is 3.87. The zero-order valence-electron chi connectivity index (χ0n) is 16.3. The summed E-state index contributed by atoms with van der Waals surface area (Å²) >= 11 is 5.94. The lowest BCUT2D eigenvalue weighted by Gasteiger charge is -2.50. The van der Waals surface area contributed by atoms with E-state index in [0.29, 0.717) is 29.6 Å². The van der Waals surface area contributed by atoms with Crippen molar-refractivity contribution in [3.63, 3.8) is 0 Å². The molecular formula is C19H25ClN6O2. The monoisotopic (exact) mass is 404 g/mol. The minimum absolute atomic E-state index is 0.249. The number of rotatable bonds is 4. The third-order valence-corrected chi connectivity index (χ3v) is 5.68. The number of hydrogen-bond acceptors (Lipinski definition) is 7. The van der Waals surface area contributed by atoms with Gasteiger partial charge in [-0.3, -0.25) is 9.69 Å². The first-order valence-corrected chi connectivity index (χ1v) is 9.87. The van der Waals surface area contributed by atoms with Crippen molar-refractivity contribution in [3.05, 3.63) is 39.9 Å². The van der Waals surface area contributed by atoms with Gasteiger partial charge in [0.2, 0.25) is 0 Å². The number of halogens is 1. The zero-order valence-corrected chi connectivity index (χ0v) is 17.1. The quantitative estimate of drug-likeness (QED) is 0.833. The number of aromatic nitrogens is 3. The summed E-state index contributed by atoms with van der Waals surface area (Å²) in [4.78, 5) is 21.6. The highest BCUT2D eigenvalue weighted by Crippen LogP contribution is 2.27. The van der Waals surface area contributed by atoms with Gasteiger partial charge < -0.3 is 15.0 Å². The maximum Gasteiger partial charge on any atom is 0.290 e. The molecule has 0 radical (unpaired) electrons. The molecular weight excluding hydrogens is 380 g/mol. The second-order valence-corrected chi connectivity index (χ2v) is 7.96. The molecule has 4 rings (SSSR count). The molecule has 4 heterocycles. The van der Waals surface area contributed by atoms with E-state index in [0.717, 1.165) is 32.0 Å². The molecule has 2 aromatic heterocycles. The van der Waals surface area contributed by atoms with E-state index in [4.69, 9.17) is 16.3 Å². The van der Waals surface area contributed by atoms with Crippen LogP contribution in [0.1, 0.15) is 13.8 Å². The first-order valence-electron chi connectivity index (χ1n) is 9.49. The maximum absolute atomic E-state index is 12.2. The van der Waals surface area contributed by atoms with Gasteiger partial charge in [-0.1, -0.05) is 11.6 Å². The predicted molar refractivity (Wildman–Crippen MR) is 110 cm³/mol. The average Bonchev–Trinajstić information content (AvgIpc) is 2.61. The molecule has 0 unspecified atom stereocenters. The normalized spacial score (nSPS) is 23.5. The molecule has 2 atom stereocenters. The Kier molecular flexibility index (Phi) is 5.27. The van der Waals surface area contributed by atoms with Crippen molar-refractivity contribution in [3.8, 4) is 0 Å². The molecule has 2 aliphatic rings. The van der Waals surface area contributed by atoms with E-state index in [1.54, 1.807) is 7.05 Å². The van der Waals surface area contributed by atoms with Crippen molar-refractivity contribution < 1.29 is 4.74 Å². The first-order chi connectivity index (χ1) is 13.4. The first kappa shape index (κ1) is 19.2. The number of nitrogens with zero attached hydrogens (tertiary/aromatic N) is 5. The summed E-state index contributed by atoms with van der Waals surface area (Å²) in [5.74, 6) is 0.592. The van der Waals surface area contributed by atoms with Gasteiger partial charge in [0, 0.05) is 38.3 Å². The highest BCUT2D eigenvalue weighted by atomic mass is 35.5. The summed E-state index contributed by atoms with van der Waals surface area (Å²) in [5, 5.41) is 7.17. The molecule has 0 aliphatic carbocycles. The van der Waals surface area contributed by atoms with Crippen molar-refractivity contribution >= 4 is 28.8 Å². The molecule has 0 bridgehead atoms. The van der Waals surface area contributed by atoms with Gasteiger partial charge in [-0.05, 0) is 26.0 Å². The number of aryl methyl sites for hydroxylation is 1. The van der Waals surface area contributed by atoms with E-state index >= 15 is 0 Å². The number of hydrogen-bond donors (Lipinski definition) is 1. The van der Waals surface area contributed by atoms with Gasteiger partial charge in [0.15, 0.2) is 5.15 Å². The second-order valence-electron chi connectivity index (χ2n) is 7.57. The van der Waals surface area contributed by atoms with Gasteiger partial charge in [-0.2, -0.15) is 5.10 Å². The standard InChI is InChI=1S/C19H25ClN6O2/c1-12-9-26(15-10-28-11-15)13(2)8-25(12)14-4-5-18(21-7-14)22-16-6-17(20)23-24(3)19(16)27/h4-7,12-13,15H,8-11H2,1-3H3,(H,21,22)/t12-,13+/m0/s1. The van der Waals surface area contributed by atoms with Crippen LogP contribution in [0.25, 0.3) is 0 Å². The molecule has 150 valence electrons. The number of pyridine rings is 1. The average molecular weight is 405 g/mol. The second kappa shape index (κ2) is 7.69. The summed E-state index contributed by atoms with van der Waals surface area (Å²) in [7, 11) is 1.56. The van der Waals surface area contributed by atoms with Crippen LogP contribution in [0.4, 0.5) is 17.2 Å². The summed E-state index contributed by atoms with van der Waals surface area (Å²) < 4.78 is 6.56. The summed E-state index contributed by atoms with van der Waals surface area (Å²) in [6, 6.07) is 6.83. The van der Waals surface area contributed by atoms with Crippen LogP contribution in [-0.4, -0.2) is 64.1 Å². The van der Waals surface area contributed by atoms with Crippen LogP contribution in [0.2, 0.25) is 5.15 Å². The molecule has 2 saturated heterocycles. The van der Waals surface area contributed by atoms with Gasteiger partial charge in [0.25, 0.3) is 5.56 Å². The van der Waals surface area contributed by atoms with Crippen molar-refractivity contribution in [2.24, 2.45) is 7.05 Å². The van der Waals surface area contributed by atoms with Crippen molar-refractivity contribution in [1.82, 2.24) is 19.7 Å². The van der Waals surface area contributed by atoms with Gasteiger partial charge in [0.05, 0.1) is 31.1 Å². The Bertz CT molecular complexity index is 898. The fourth-order valence-corrected chi connectivity index (χ4v) is 4.09. The maximum atomic E-state index is 12.2. The lowest BCUT2D eigenvalue weighted by Crippen LogP contribution is -2.63. The molecule has 2 aliphatic heterocycles. The molecule has 2 aromatic rings. The van der Waals surface area contributed by atoms with Crippen LogP contribution in [-0.2, 0) is 11.8 Å². The SMILES string of the molecule is C[C@@H]1CN(c2ccc(Nc3cc(Cl)nn(C)c3=O)nc2)[C@@H](C)CN1C1COC1. The topological polar surface area (TPSA) is 75.5 Å². The van der Waals surface area contributed by atoms with Crippen LogP contribution in [0.15, 0.2) is 29.2 Å². The van der Waals surface area contributed by atoms with E-state index in [2.05, 4.69) is 39.0 Å². The van der Waals surface area contributed by atoms with Gasteiger partial charge in [-0.15, -0.1) is 0 Å². The van der Waals surface area contributed by atoms with Crippen LogP contribution in [0.3, 0.4) is 0 Å². The Morgan fingerprint density at radius 2 is 2.00 bits per heavy atom. The zero-order chi connectivity index (χ0) is 19.8. The van der Waals surface area contributed by atoms with E-state index in [9.17, 15) is 4.79 Å². The van der Waals surface area contributed by atoms with E-state index < -0.39 is 0 Å². The predicted octanol–water partition coefficient (Wildman–Crippen LogP) is 1.87. The molecule has 28 heavy (non-hydrogen) atoms. The summed E-state index contributed by atoms with van der Waals surface area (Å²) in [5.41, 5.74) is 1.17. The van der Waals surface area contributed by atoms with Crippen molar-refractivity contribution in [1.29, 1.82) is 0 Å². The van der Waals surface area contributed by atoms with E-state index in [1.807, 2.05) is 18.3 Å². The third-order valence-electron chi connectivity index (χ3n) is 5.50. The number of ether oxygens (including phenoxy) is 1. The molecule has 2 fully saturated rings. The van der Waals surface area contributed by atoms with Gasteiger partial charge in [0.1, 0.15) is 11.5 Å². The molecule has 0 aromatic carbocycles. The molecule has 9 heteroatoms. The Labute approximate surface area is 169 Å². The van der Waals surface area contributed by atoms with E-state index in [-0.39, 0.29) is 10.7 Å². The van der Waals surface area contributed by atoms with Crippen LogP contribution < -0.4 is 15.8 Å². The number of nitrogens with one attached hydrogen (secondary N) is 1. The van der Waals surface area contributed by atoms with Crippen LogP contribution in [0.5, 0.6) is 0 Å².